The van der Waals surface area contributed by atoms with Gasteiger partial charge in [-0.1, -0.05) is 0 Å². The van der Waals surface area contributed by atoms with Gasteiger partial charge in [-0.15, -0.1) is 0 Å². The van der Waals surface area contributed by atoms with Gasteiger partial charge in [-0.05, 0) is 26.0 Å². The van der Waals surface area contributed by atoms with Gasteiger partial charge < -0.3 is 15.0 Å². The molecule has 0 saturated carbocycles. The average molecular weight is 233 g/mol. The smallest absolute Gasteiger partial charge is 0.152 e. The van der Waals surface area contributed by atoms with Crippen molar-refractivity contribution in [1.29, 1.82) is 0 Å². The molecule has 4 nitrogen and oxygen atoms in total. The highest BCUT2D eigenvalue weighted by molar-refractivity contribution is 5.67. The van der Waals surface area contributed by atoms with Crippen LogP contribution in [0.15, 0.2) is 12.1 Å². The van der Waals surface area contributed by atoms with Gasteiger partial charge in [0.25, 0.3) is 0 Å². The molecule has 1 fully saturated rings. The minimum Gasteiger partial charge on any atom is -0.382 e. The van der Waals surface area contributed by atoms with Crippen molar-refractivity contribution in [2.24, 2.45) is 5.92 Å². The Kier molecular flexibility index (Phi) is 2.67. The second kappa shape index (κ2) is 4.18. The lowest BCUT2D eigenvalue weighted by atomic mass is 10.0. The van der Waals surface area contributed by atoms with Crippen molar-refractivity contribution in [2.45, 2.75) is 19.9 Å². The van der Waals surface area contributed by atoms with Crippen molar-refractivity contribution in [2.75, 3.05) is 36.5 Å². The predicted octanol–water partition coefficient (Wildman–Crippen LogP) is 1.66. The van der Waals surface area contributed by atoms with Gasteiger partial charge in [-0.3, -0.25) is 0 Å². The zero-order valence-corrected chi connectivity index (χ0v) is 10.4. The number of rotatable bonds is 1. The Morgan fingerprint density at radius 1 is 1.47 bits per heavy atom. The van der Waals surface area contributed by atoms with E-state index in [1.54, 1.807) is 0 Å². The van der Waals surface area contributed by atoms with Gasteiger partial charge in [0.05, 0.1) is 24.9 Å². The summed E-state index contributed by atoms with van der Waals surface area (Å²) in [5, 5.41) is 3.50. The number of likely N-dealkylation sites (N-methyl/N-ethyl adjacent to an activating group) is 1. The highest BCUT2D eigenvalue weighted by atomic mass is 16.5. The summed E-state index contributed by atoms with van der Waals surface area (Å²) in [6, 6.07) is 4.68. The first-order chi connectivity index (χ1) is 8.29. The molecule has 3 heterocycles. The van der Waals surface area contributed by atoms with Crippen LogP contribution in [0.2, 0.25) is 0 Å². The minimum atomic E-state index is 0.475. The summed E-state index contributed by atoms with van der Waals surface area (Å²) in [5.41, 5.74) is 2.23. The van der Waals surface area contributed by atoms with Crippen LogP contribution in [0.1, 0.15) is 12.6 Å². The highest BCUT2D eigenvalue weighted by Crippen LogP contribution is 2.33. The second-order valence-corrected chi connectivity index (χ2v) is 4.86. The number of pyridine rings is 1. The second-order valence-electron chi connectivity index (χ2n) is 4.86. The maximum Gasteiger partial charge on any atom is 0.152 e. The standard InChI is InChI=1S/C13H19N3O/c1-3-16-12-8-17-7-10(12)6-14-11-5-4-9(2)15-13(11)16/h4-5,10,12,14H,3,6-8H2,1-2H3. The van der Waals surface area contributed by atoms with E-state index in [0.717, 1.165) is 43.5 Å². The van der Waals surface area contributed by atoms with Crippen molar-refractivity contribution in [1.82, 2.24) is 4.98 Å². The lowest BCUT2D eigenvalue weighted by Crippen LogP contribution is -2.41. The molecule has 2 aliphatic rings. The number of ether oxygens (including phenoxy) is 1. The van der Waals surface area contributed by atoms with E-state index in [1.807, 2.05) is 6.92 Å². The largest absolute Gasteiger partial charge is 0.382 e. The Morgan fingerprint density at radius 3 is 3.18 bits per heavy atom. The molecule has 1 aromatic heterocycles. The van der Waals surface area contributed by atoms with E-state index in [2.05, 4.69) is 29.3 Å². The minimum absolute atomic E-state index is 0.475. The highest BCUT2D eigenvalue weighted by Gasteiger charge is 2.36. The number of hydrogen-bond donors (Lipinski definition) is 1. The van der Waals surface area contributed by atoms with E-state index in [-0.39, 0.29) is 0 Å². The van der Waals surface area contributed by atoms with Gasteiger partial charge >= 0.3 is 0 Å². The normalized spacial score (nSPS) is 27.1. The molecule has 0 aliphatic carbocycles. The SMILES string of the molecule is CCN1c2nc(C)ccc2NCC2COCC21. The fourth-order valence-electron chi connectivity index (χ4n) is 2.81. The molecule has 92 valence electrons. The number of nitrogens with one attached hydrogen (secondary N) is 1. The van der Waals surface area contributed by atoms with Crippen LogP contribution in [0.4, 0.5) is 11.5 Å². The first-order valence-corrected chi connectivity index (χ1v) is 6.35. The van der Waals surface area contributed by atoms with Crippen molar-refractivity contribution in [3.8, 4) is 0 Å². The number of aromatic nitrogens is 1. The predicted molar refractivity (Wildman–Crippen MR) is 68.6 cm³/mol. The molecule has 0 bridgehead atoms. The fourth-order valence-corrected chi connectivity index (χ4v) is 2.81. The first kappa shape index (κ1) is 10.8. The van der Waals surface area contributed by atoms with E-state index >= 15 is 0 Å². The van der Waals surface area contributed by atoms with Gasteiger partial charge in [0, 0.05) is 24.7 Å². The molecular weight excluding hydrogens is 214 g/mol. The molecule has 0 spiro atoms. The summed E-state index contributed by atoms with van der Waals surface area (Å²) in [6.45, 7) is 7.89. The molecule has 2 unspecified atom stereocenters. The fraction of sp³-hybridized carbons (Fsp3) is 0.615. The third-order valence-electron chi connectivity index (χ3n) is 3.75. The van der Waals surface area contributed by atoms with Crippen LogP contribution in [-0.2, 0) is 4.74 Å². The van der Waals surface area contributed by atoms with Gasteiger partial charge in [0.2, 0.25) is 0 Å². The molecular formula is C13H19N3O. The molecule has 2 aliphatic heterocycles. The molecule has 0 radical (unpaired) electrons. The van der Waals surface area contributed by atoms with Crippen LogP contribution in [0, 0.1) is 12.8 Å². The van der Waals surface area contributed by atoms with Crippen molar-refractivity contribution < 1.29 is 4.74 Å². The molecule has 4 heteroatoms. The Balaban J connectivity index is 2.04. The van der Waals surface area contributed by atoms with Crippen molar-refractivity contribution >= 4 is 11.5 Å². The monoisotopic (exact) mass is 233 g/mol. The van der Waals surface area contributed by atoms with Crippen LogP contribution in [0.5, 0.6) is 0 Å². The van der Waals surface area contributed by atoms with E-state index in [1.165, 1.54) is 0 Å². The molecule has 0 aromatic carbocycles. The third-order valence-corrected chi connectivity index (χ3v) is 3.75. The van der Waals surface area contributed by atoms with Gasteiger partial charge in [-0.2, -0.15) is 0 Å². The Bertz CT molecular complexity index is 421. The van der Waals surface area contributed by atoms with Gasteiger partial charge in [-0.25, -0.2) is 4.98 Å². The van der Waals surface area contributed by atoms with Crippen LogP contribution in [0.3, 0.4) is 0 Å². The maximum atomic E-state index is 5.61. The van der Waals surface area contributed by atoms with E-state index in [4.69, 9.17) is 9.72 Å². The summed E-state index contributed by atoms with van der Waals surface area (Å²) >= 11 is 0. The number of fused-ring (bicyclic) bond motifs is 2. The van der Waals surface area contributed by atoms with Crippen LogP contribution in [0.25, 0.3) is 0 Å². The quantitative estimate of drug-likeness (QED) is 0.800. The molecule has 1 saturated heterocycles. The van der Waals surface area contributed by atoms with Crippen LogP contribution < -0.4 is 10.2 Å². The third kappa shape index (κ3) is 1.76. The summed E-state index contributed by atoms with van der Waals surface area (Å²) in [6.07, 6.45) is 0. The van der Waals surface area contributed by atoms with Gasteiger partial charge in [0.1, 0.15) is 0 Å². The zero-order chi connectivity index (χ0) is 11.8. The lowest BCUT2D eigenvalue weighted by molar-refractivity contribution is 0.185. The van der Waals surface area contributed by atoms with E-state index in [9.17, 15) is 0 Å². The van der Waals surface area contributed by atoms with Crippen molar-refractivity contribution in [3.05, 3.63) is 17.8 Å². The first-order valence-electron chi connectivity index (χ1n) is 6.35. The molecule has 1 aromatic rings. The van der Waals surface area contributed by atoms with Crippen molar-refractivity contribution in [3.63, 3.8) is 0 Å². The zero-order valence-electron chi connectivity index (χ0n) is 10.4. The summed E-state index contributed by atoms with van der Waals surface area (Å²) in [4.78, 5) is 7.08. The number of nitrogens with zero attached hydrogens (tertiary/aromatic N) is 2. The maximum absolute atomic E-state index is 5.61. The van der Waals surface area contributed by atoms with E-state index < -0.39 is 0 Å². The van der Waals surface area contributed by atoms with E-state index in [0.29, 0.717) is 12.0 Å². The van der Waals surface area contributed by atoms with Crippen LogP contribution in [-0.4, -0.2) is 37.3 Å². The Morgan fingerprint density at radius 2 is 2.35 bits per heavy atom. The molecule has 1 N–H and O–H groups in total. The summed E-state index contributed by atoms with van der Waals surface area (Å²) in [5.74, 6) is 1.66. The topological polar surface area (TPSA) is 37.4 Å². The number of hydrogen-bond acceptors (Lipinski definition) is 4. The number of anilines is 2. The average Bonchev–Trinajstić information content (AvgIpc) is 2.72. The molecule has 17 heavy (non-hydrogen) atoms. The molecule has 0 amide bonds. The van der Waals surface area contributed by atoms with Crippen LogP contribution >= 0.6 is 0 Å². The Labute approximate surface area is 102 Å². The summed E-state index contributed by atoms with van der Waals surface area (Å²) < 4.78 is 5.61. The number of aryl methyl sites for hydroxylation is 1. The molecule has 3 rings (SSSR count). The van der Waals surface area contributed by atoms with Gasteiger partial charge in [0.15, 0.2) is 5.82 Å². The summed E-state index contributed by atoms with van der Waals surface area (Å²) in [7, 11) is 0. The molecule has 2 atom stereocenters. The lowest BCUT2D eigenvalue weighted by Gasteiger charge is -2.29. The Hall–Kier alpha value is -1.29.